The molecule has 0 aliphatic carbocycles. The van der Waals surface area contributed by atoms with Gasteiger partial charge >= 0.3 is 0 Å². The third-order valence-corrected chi connectivity index (χ3v) is 5.75. The number of nitrogens with one attached hydrogen (secondary N) is 3. The van der Waals surface area contributed by atoms with Crippen molar-refractivity contribution in [3.63, 3.8) is 0 Å². The maximum Gasteiger partial charge on any atom is 0.120 e. The number of pyridine rings is 1. The van der Waals surface area contributed by atoms with Gasteiger partial charge < -0.3 is 20.6 Å². The monoisotopic (exact) mass is 401 g/mol. The summed E-state index contributed by atoms with van der Waals surface area (Å²) in [5.41, 5.74) is 11.7. The van der Waals surface area contributed by atoms with E-state index in [2.05, 4.69) is 50.0 Å². The highest BCUT2D eigenvalue weighted by Crippen LogP contribution is 2.27. The Hall–Kier alpha value is -3.25. The molecule has 0 atom stereocenters. The van der Waals surface area contributed by atoms with Crippen molar-refractivity contribution >= 4 is 22.2 Å². The number of fused-ring (bicyclic) bond motifs is 1. The molecule has 0 saturated carbocycles. The van der Waals surface area contributed by atoms with Crippen molar-refractivity contribution in [2.45, 2.75) is 19.3 Å². The molecule has 2 aromatic heterocycles. The molecule has 0 unspecified atom stereocenters. The standard InChI is InChI=1S/C24H27N5O/c1-2-10-29(11-3-1)12-13-30-21-4-5-22-19(14-21)15-23(27-22)20-16-24(28-26-17-20)18-6-8-25-9-7-18/h4-9,14-17,26-28H,1-3,10-13H2. The van der Waals surface area contributed by atoms with Gasteiger partial charge in [-0.25, -0.2) is 0 Å². The lowest BCUT2D eigenvalue weighted by molar-refractivity contribution is 0.183. The number of hydrazine groups is 1. The van der Waals surface area contributed by atoms with Crippen LogP contribution >= 0.6 is 0 Å². The smallest absolute Gasteiger partial charge is 0.120 e. The van der Waals surface area contributed by atoms with Crippen LogP contribution < -0.4 is 15.6 Å². The van der Waals surface area contributed by atoms with E-state index in [0.717, 1.165) is 52.3 Å². The molecule has 6 heteroatoms. The van der Waals surface area contributed by atoms with Gasteiger partial charge in [-0.1, -0.05) is 6.42 Å². The van der Waals surface area contributed by atoms with Crippen LogP contribution in [0.2, 0.25) is 0 Å². The van der Waals surface area contributed by atoms with Gasteiger partial charge in [-0.15, -0.1) is 0 Å². The largest absolute Gasteiger partial charge is 0.492 e. The number of rotatable bonds is 6. The Morgan fingerprint density at radius 3 is 2.73 bits per heavy atom. The average molecular weight is 402 g/mol. The summed E-state index contributed by atoms with van der Waals surface area (Å²) in [6, 6.07) is 12.4. The van der Waals surface area contributed by atoms with E-state index in [0.29, 0.717) is 0 Å². The van der Waals surface area contributed by atoms with E-state index in [4.69, 9.17) is 4.74 Å². The lowest BCUT2D eigenvalue weighted by atomic mass is 10.1. The van der Waals surface area contributed by atoms with Crippen molar-refractivity contribution in [1.29, 1.82) is 0 Å². The number of nitrogens with zero attached hydrogens (tertiary/aromatic N) is 2. The Morgan fingerprint density at radius 2 is 1.87 bits per heavy atom. The fourth-order valence-electron chi connectivity index (χ4n) is 4.10. The normalized spacial score (nSPS) is 17.1. The summed E-state index contributed by atoms with van der Waals surface area (Å²) in [5.74, 6) is 0.926. The molecule has 5 rings (SSSR count). The van der Waals surface area contributed by atoms with Crippen molar-refractivity contribution in [3.05, 3.63) is 72.3 Å². The van der Waals surface area contributed by atoms with Crippen molar-refractivity contribution in [2.24, 2.45) is 0 Å². The Morgan fingerprint density at radius 1 is 1.00 bits per heavy atom. The molecule has 1 aromatic carbocycles. The predicted molar refractivity (Wildman–Crippen MR) is 121 cm³/mol. The van der Waals surface area contributed by atoms with Crippen molar-refractivity contribution < 1.29 is 4.74 Å². The fourth-order valence-corrected chi connectivity index (χ4v) is 4.10. The summed E-state index contributed by atoms with van der Waals surface area (Å²) >= 11 is 0. The molecule has 3 N–H and O–H groups in total. The Labute approximate surface area is 176 Å². The third kappa shape index (κ3) is 4.19. The van der Waals surface area contributed by atoms with Gasteiger partial charge in [0.15, 0.2) is 0 Å². The van der Waals surface area contributed by atoms with E-state index in [9.17, 15) is 0 Å². The molecule has 0 spiro atoms. The molecule has 1 saturated heterocycles. The van der Waals surface area contributed by atoms with Crippen LogP contribution in [0.3, 0.4) is 0 Å². The topological polar surface area (TPSA) is 65.2 Å². The van der Waals surface area contributed by atoms with E-state index < -0.39 is 0 Å². The van der Waals surface area contributed by atoms with Gasteiger partial charge in [0.25, 0.3) is 0 Å². The number of hydrogen-bond donors (Lipinski definition) is 3. The molecule has 2 aliphatic rings. The lowest BCUT2D eigenvalue weighted by Gasteiger charge is -2.26. The molecular formula is C24H27N5O. The number of hydrogen-bond acceptors (Lipinski definition) is 5. The number of piperidine rings is 1. The minimum Gasteiger partial charge on any atom is -0.492 e. The highest BCUT2D eigenvalue weighted by atomic mass is 16.5. The first-order chi connectivity index (χ1) is 14.8. The zero-order chi connectivity index (χ0) is 20.2. The first-order valence-electron chi connectivity index (χ1n) is 10.7. The van der Waals surface area contributed by atoms with Gasteiger partial charge in [0, 0.05) is 52.9 Å². The average Bonchev–Trinajstić information content (AvgIpc) is 3.24. The van der Waals surface area contributed by atoms with Crippen LogP contribution in [0.25, 0.3) is 22.2 Å². The van der Waals surface area contributed by atoms with Crippen molar-refractivity contribution in [3.8, 4) is 5.75 Å². The molecule has 0 bridgehead atoms. The maximum absolute atomic E-state index is 6.04. The zero-order valence-corrected chi connectivity index (χ0v) is 17.0. The minimum atomic E-state index is 0.738. The summed E-state index contributed by atoms with van der Waals surface area (Å²) in [6.45, 7) is 4.15. The number of aromatic nitrogens is 2. The Bertz CT molecular complexity index is 1060. The number of ether oxygens (including phenoxy) is 1. The SMILES string of the molecule is C1=C(c2ccncc2)NNC=C1c1cc2cc(OCCN3CCCCC3)ccc2[nH]1. The lowest BCUT2D eigenvalue weighted by Crippen LogP contribution is -2.33. The molecule has 154 valence electrons. The van der Waals surface area contributed by atoms with Gasteiger partial charge in [-0.2, -0.15) is 0 Å². The van der Waals surface area contributed by atoms with Crippen LogP contribution in [0, 0.1) is 0 Å². The predicted octanol–water partition coefficient (Wildman–Crippen LogP) is 3.92. The van der Waals surface area contributed by atoms with Crippen molar-refractivity contribution in [2.75, 3.05) is 26.2 Å². The second-order valence-electron chi connectivity index (χ2n) is 7.85. The first-order valence-corrected chi connectivity index (χ1v) is 10.7. The summed E-state index contributed by atoms with van der Waals surface area (Å²) in [5, 5.41) is 1.15. The van der Waals surface area contributed by atoms with E-state index >= 15 is 0 Å². The van der Waals surface area contributed by atoms with Crippen molar-refractivity contribution in [1.82, 2.24) is 25.7 Å². The fraction of sp³-hybridized carbons (Fsp3) is 0.292. The van der Waals surface area contributed by atoms with Crippen LogP contribution in [0.15, 0.2) is 61.1 Å². The molecule has 2 aliphatic heterocycles. The summed E-state index contributed by atoms with van der Waals surface area (Å²) < 4.78 is 6.04. The molecule has 0 amide bonds. The summed E-state index contributed by atoms with van der Waals surface area (Å²) in [6.07, 6.45) is 11.7. The highest BCUT2D eigenvalue weighted by molar-refractivity contribution is 5.90. The molecule has 4 heterocycles. The van der Waals surface area contributed by atoms with Gasteiger partial charge in [-0.3, -0.25) is 9.88 Å². The second kappa shape index (κ2) is 8.63. The number of benzene rings is 1. The minimum absolute atomic E-state index is 0.738. The van der Waals surface area contributed by atoms with Crippen LogP contribution in [-0.4, -0.2) is 41.1 Å². The van der Waals surface area contributed by atoms with Gasteiger partial charge in [0.2, 0.25) is 0 Å². The molecule has 1 fully saturated rings. The third-order valence-electron chi connectivity index (χ3n) is 5.75. The second-order valence-corrected chi connectivity index (χ2v) is 7.85. The van der Waals surface area contributed by atoms with Crippen LogP contribution in [0.5, 0.6) is 5.75 Å². The first kappa shape index (κ1) is 18.8. The summed E-state index contributed by atoms with van der Waals surface area (Å²) in [4.78, 5) is 10.1. The highest BCUT2D eigenvalue weighted by Gasteiger charge is 2.12. The maximum atomic E-state index is 6.04. The number of H-pyrrole nitrogens is 1. The molecule has 30 heavy (non-hydrogen) atoms. The number of aromatic amines is 1. The van der Waals surface area contributed by atoms with Gasteiger partial charge in [-0.05, 0) is 68.4 Å². The number of likely N-dealkylation sites (tertiary alicyclic amines) is 1. The van der Waals surface area contributed by atoms with Gasteiger partial charge in [0.05, 0.1) is 5.70 Å². The summed E-state index contributed by atoms with van der Waals surface area (Å²) in [7, 11) is 0. The quantitative estimate of drug-likeness (QED) is 0.584. The molecule has 3 aromatic rings. The molecule has 0 radical (unpaired) electrons. The van der Waals surface area contributed by atoms with Crippen LogP contribution in [0.1, 0.15) is 30.5 Å². The zero-order valence-electron chi connectivity index (χ0n) is 17.0. The van der Waals surface area contributed by atoms with Gasteiger partial charge in [0.1, 0.15) is 12.4 Å². The Kier molecular flexibility index (Phi) is 5.40. The van der Waals surface area contributed by atoms with E-state index in [1.54, 1.807) is 12.4 Å². The van der Waals surface area contributed by atoms with E-state index in [1.165, 1.54) is 32.4 Å². The van der Waals surface area contributed by atoms with Crippen LogP contribution in [-0.2, 0) is 0 Å². The molecular weight excluding hydrogens is 374 g/mol. The Balaban J connectivity index is 1.29. The number of allylic oxidation sites excluding steroid dienone is 2. The van der Waals surface area contributed by atoms with E-state index in [1.807, 2.05) is 24.4 Å². The van der Waals surface area contributed by atoms with Crippen LogP contribution in [0.4, 0.5) is 0 Å². The molecule has 6 nitrogen and oxygen atoms in total. The van der Waals surface area contributed by atoms with E-state index in [-0.39, 0.29) is 0 Å².